The van der Waals surface area contributed by atoms with E-state index in [2.05, 4.69) is 15.6 Å². The minimum atomic E-state index is -3.00. The maximum absolute atomic E-state index is 12.3. The molecule has 2 aliphatic rings. The van der Waals surface area contributed by atoms with Crippen molar-refractivity contribution < 1.29 is 13.2 Å². The number of rotatable bonds is 3. The van der Waals surface area contributed by atoms with E-state index in [4.69, 9.17) is 0 Å². The summed E-state index contributed by atoms with van der Waals surface area (Å²) in [5.41, 5.74) is 0.267. The van der Waals surface area contributed by atoms with Crippen molar-refractivity contribution in [2.45, 2.75) is 18.5 Å². The molecule has 0 bridgehead atoms. The van der Waals surface area contributed by atoms with Gasteiger partial charge in [0.2, 0.25) is 0 Å². The van der Waals surface area contributed by atoms with Crippen LogP contribution in [0.1, 0.15) is 23.0 Å². The lowest BCUT2D eigenvalue weighted by Gasteiger charge is -2.26. The van der Waals surface area contributed by atoms with Crippen molar-refractivity contribution in [2.75, 3.05) is 31.6 Å². The zero-order valence-corrected chi connectivity index (χ0v) is 12.0. The van der Waals surface area contributed by atoms with Crippen molar-refractivity contribution >= 4 is 15.7 Å². The van der Waals surface area contributed by atoms with Gasteiger partial charge in [0.15, 0.2) is 15.5 Å². The third-order valence-corrected chi connectivity index (χ3v) is 5.69. The van der Waals surface area contributed by atoms with Crippen molar-refractivity contribution in [1.82, 2.24) is 25.2 Å². The van der Waals surface area contributed by atoms with Gasteiger partial charge in [0.25, 0.3) is 5.91 Å². The zero-order chi connectivity index (χ0) is 14.3. The molecular formula is C11H17N5O3S. The molecule has 0 aliphatic carbocycles. The highest BCUT2D eigenvalue weighted by Crippen LogP contribution is 2.18. The predicted octanol–water partition coefficient (Wildman–Crippen LogP) is -1.32. The average molecular weight is 299 g/mol. The molecule has 20 heavy (non-hydrogen) atoms. The number of hydrogen-bond acceptors (Lipinski definition) is 6. The first-order valence-corrected chi connectivity index (χ1v) is 8.38. The molecule has 8 nitrogen and oxygen atoms in total. The summed E-state index contributed by atoms with van der Waals surface area (Å²) in [6.07, 6.45) is 2.12. The first kappa shape index (κ1) is 13.5. The molecule has 0 saturated carbocycles. The average Bonchev–Trinajstić information content (AvgIpc) is 2.92. The smallest absolute Gasteiger partial charge is 0.276 e. The third kappa shape index (κ3) is 2.42. The van der Waals surface area contributed by atoms with Gasteiger partial charge in [0.05, 0.1) is 23.7 Å². The molecular weight excluding hydrogens is 282 g/mol. The predicted molar refractivity (Wildman–Crippen MR) is 71.1 cm³/mol. The number of nitrogens with one attached hydrogen (secondary N) is 1. The molecule has 1 aromatic heterocycles. The Labute approximate surface area is 117 Å². The normalized spacial score (nSPS) is 25.4. The number of nitrogens with zero attached hydrogens (tertiary/aromatic N) is 4. The van der Waals surface area contributed by atoms with Gasteiger partial charge in [-0.2, -0.15) is 0 Å². The highest BCUT2D eigenvalue weighted by Gasteiger charge is 2.34. The van der Waals surface area contributed by atoms with Crippen LogP contribution in [0.25, 0.3) is 0 Å². The Hall–Kier alpha value is -1.48. The van der Waals surface area contributed by atoms with Crippen LogP contribution in [-0.2, 0) is 9.84 Å². The lowest BCUT2D eigenvalue weighted by molar-refractivity contribution is 0.0741. The van der Waals surface area contributed by atoms with Crippen LogP contribution in [0.5, 0.6) is 0 Å². The Bertz CT molecular complexity index is 622. The van der Waals surface area contributed by atoms with E-state index >= 15 is 0 Å². The van der Waals surface area contributed by atoms with E-state index in [1.165, 1.54) is 4.90 Å². The molecule has 3 rings (SSSR count). The number of sulfone groups is 1. The highest BCUT2D eigenvalue weighted by atomic mass is 32.2. The van der Waals surface area contributed by atoms with Gasteiger partial charge in [-0.15, -0.1) is 5.10 Å². The van der Waals surface area contributed by atoms with Gasteiger partial charge >= 0.3 is 0 Å². The molecule has 1 atom stereocenters. The third-order valence-electron chi connectivity index (χ3n) is 3.94. The Morgan fingerprint density at radius 3 is 2.80 bits per heavy atom. The zero-order valence-electron chi connectivity index (χ0n) is 11.2. The van der Waals surface area contributed by atoms with Crippen LogP contribution in [0.15, 0.2) is 6.20 Å². The quantitative estimate of drug-likeness (QED) is 0.743. The maximum Gasteiger partial charge on any atom is 0.276 e. The molecule has 3 heterocycles. The van der Waals surface area contributed by atoms with Gasteiger partial charge in [0.1, 0.15) is 0 Å². The van der Waals surface area contributed by atoms with Crippen LogP contribution >= 0.6 is 0 Å². The summed E-state index contributed by atoms with van der Waals surface area (Å²) in [6.45, 7) is 1.65. The molecule has 1 aromatic rings. The number of hydrogen-bond donors (Lipinski definition) is 1. The molecule has 2 saturated heterocycles. The topological polar surface area (TPSA) is 97.2 Å². The number of carbonyl (C=O) groups excluding carboxylic acids is 1. The molecule has 2 fully saturated rings. The van der Waals surface area contributed by atoms with Crippen LogP contribution in [0.4, 0.5) is 0 Å². The number of amides is 1. The van der Waals surface area contributed by atoms with Gasteiger partial charge in [-0.3, -0.25) is 4.79 Å². The second kappa shape index (κ2) is 4.81. The SMILES string of the molecule is CN(C(=O)c1cn(C2CNC2)nn1)C1CCS(=O)(=O)C1. The van der Waals surface area contributed by atoms with Gasteiger partial charge in [-0.05, 0) is 6.42 Å². The number of aromatic nitrogens is 3. The summed E-state index contributed by atoms with van der Waals surface area (Å²) in [6, 6.07) is -0.00997. The van der Waals surface area contributed by atoms with E-state index in [0.29, 0.717) is 6.42 Å². The van der Waals surface area contributed by atoms with Gasteiger partial charge in [-0.1, -0.05) is 5.21 Å². The van der Waals surface area contributed by atoms with Crippen LogP contribution in [0, 0.1) is 0 Å². The minimum absolute atomic E-state index is 0.0376. The summed E-state index contributed by atoms with van der Waals surface area (Å²) in [5.74, 6) is -0.0864. The van der Waals surface area contributed by atoms with E-state index in [1.807, 2.05) is 0 Å². The maximum atomic E-state index is 12.3. The highest BCUT2D eigenvalue weighted by molar-refractivity contribution is 7.91. The second-order valence-corrected chi connectivity index (χ2v) is 7.60. The van der Waals surface area contributed by atoms with Crippen molar-refractivity contribution in [3.05, 3.63) is 11.9 Å². The molecule has 9 heteroatoms. The van der Waals surface area contributed by atoms with E-state index in [0.717, 1.165) is 13.1 Å². The molecule has 0 aromatic carbocycles. The van der Waals surface area contributed by atoms with Gasteiger partial charge < -0.3 is 10.2 Å². The molecule has 0 spiro atoms. The fraction of sp³-hybridized carbons (Fsp3) is 0.727. The molecule has 110 valence electrons. The largest absolute Gasteiger partial charge is 0.336 e. The van der Waals surface area contributed by atoms with Crippen molar-refractivity contribution in [2.24, 2.45) is 0 Å². The molecule has 0 radical (unpaired) electrons. The summed E-state index contributed by atoms with van der Waals surface area (Å²) in [4.78, 5) is 13.8. The van der Waals surface area contributed by atoms with E-state index in [-0.39, 0.29) is 35.2 Å². The Kier molecular flexibility index (Phi) is 3.25. The Morgan fingerprint density at radius 1 is 1.50 bits per heavy atom. The number of carbonyl (C=O) groups is 1. The van der Waals surface area contributed by atoms with Crippen LogP contribution in [0.3, 0.4) is 0 Å². The fourth-order valence-electron chi connectivity index (χ4n) is 2.44. The van der Waals surface area contributed by atoms with Gasteiger partial charge in [0, 0.05) is 26.2 Å². The monoisotopic (exact) mass is 299 g/mol. The van der Waals surface area contributed by atoms with E-state index < -0.39 is 9.84 Å². The van der Waals surface area contributed by atoms with E-state index in [1.54, 1.807) is 17.9 Å². The van der Waals surface area contributed by atoms with Crippen LogP contribution in [0.2, 0.25) is 0 Å². The lowest BCUT2D eigenvalue weighted by atomic mass is 10.2. The first-order valence-electron chi connectivity index (χ1n) is 6.56. The summed E-state index contributed by atoms with van der Waals surface area (Å²) >= 11 is 0. The second-order valence-electron chi connectivity index (χ2n) is 5.37. The molecule has 1 amide bonds. The standard InChI is InChI=1S/C11H17N5O3S/c1-15(8-2-3-20(18,19)7-8)11(17)10-6-16(14-13-10)9-4-12-5-9/h6,8-9,12H,2-5,7H2,1H3. The first-order chi connectivity index (χ1) is 9.46. The summed E-state index contributed by atoms with van der Waals surface area (Å²) < 4.78 is 24.6. The molecule has 2 aliphatic heterocycles. The summed E-state index contributed by atoms with van der Waals surface area (Å²) in [7, 11) is -1.38. The molecule has 1 unspecified atom stereocenters. The molecule has 1 N–H and O–H groups in total. The Balaban J connectivity index is 1.70. The fourth-order valence-corrected chi connectivity index (χ4v) is 4.22. The van der Waals surface area contributed by atoms with Crippen LogP contribution < -0.4 is 5.32 Å². The van der Waals surface area contributed by atoms with Crippen molar-refractivity contribution in [3.63, 3.8) is 0 Å². The van der Waals surface area contributed by atoms with Crippen molar-refractivity contribution in [1.29, 1.82) is 0 Å². The van der Waals surface area contributed by atoms with E-state index in [9.17, 15) is 13.2 Å². The lowest BCUT2D eigenvalue weighted by Crippen LogP contribution is -2.43. The summed E-state index contributed by atoms with van der Waals surface area (Å²) in [5, 5.41) is 11.0. The van der Waals surface area contributed by atoms with Gasteiger partial charge in [-0.25, -0.2) is 13.1 Å². The van der Waals surface area contributed by atoms with Crippen molar-refractivity contribution in [3.8, 4) is 0 Å². The minimum Gasteiger partial charge on any atom is -0.336 e. The van der Waals surface area contributed by atoms with Crippen LogP contribution in [-0.4, -0.2) is 71.9 Å². The Morgan fingerprint density at radius 2 is 2.25 bits per heavy atom.